The molecule has 2 rings (SSSR count). The van der Waals surface area contributed by atoms with Gasteiger partial charge in [-0.3, -0.25) is 4.79 Å². The maximum absolute atomic E-state index is 12.2. The number of methoxy groups -OCH3 is 2. The summed E-state index contributed by atoms with van der Waals surface area (Å²) in [7, 11) is 2.92. The molecule has 1 aliphatic carbocycles. The van der Waals surface area contributed by atoms with Crippen molar-refractivity contribution in [3.05, 3.63) is 23.2 Å². The molecule has 1 fully saturated rings. The lowest BCUT2D eigenvalue weighted by atomic mass is 9.97. The number of carbonyl (C=O) groups is 2. The number of carbonyl (C=O) groups excluding carboxylic acids is 2. The average molecular weight is 355 g/mol. The summed E-state index contributed by atoms with van der Waals surface area (Å²) in [5.41, 5.74) is -0.138. The Balaban J connectivity index is 1.89. The Bertz CT molecular complexity index is 600. The van der Waals surface area contributed by atoms with E-state index in [0.717, 1.165) is 18.5 Å². The molecule has 24 heavy (non-hydrogen) atoms. The SMILES string of the molecule is COC(=O)C1(NC(=O)CCNc2cc(Cl)ccc2OC)CCCC1. The van der Waals surface area contributed by atoms with Crippen LogP contribution in [-0.2, 0) is 14.3 Å². The standard InChI is InChI=1S/C17H23ClN2O4/c1-23-14-6-5-12(18)11-13(14)19-10-7-15(21)20-17(16(22)24-2)8-3-4-9-17/h5-6,11,19H,3-4,7-10H2,1-2H3,(H,20,21). The first kappa shape index (κ1) is 18.4. The van der Waals surface area contributed by atoms with E-state index in [9.17, 15) is 9.59 Å². The quantitative estimate of drug-likeness (QED) is 0.736. The van der Waals surface area contributed by atoms with Crippen LogP contribution in [0.3, 0.4) is 0 Å². The molecule has 0 radical (unpaired) electrons. The van der Waals surface area contributed by atoms with Crippen molar-refractivity contribution < 1.29 is 19.1 Å². The van der Waals surface area contributed by atoms with Crippen molar-refractivity contribution in [2.24, 2.45) is 0 Å². The van der Waals surface area contributed by atoms with Crippen molar-refractivity contribution in [2.75, 3.05) is 26.1 Å². The van der Waals surface area contributed by atoms with Crippen molar-refractivity contribution in [1.29, 1.82) is 0 Å². The van der Waals surface area contributed by atoms with Crippen molar-refractivity contribution in [3.8, 4) is 5.75 Å². The van der Waals surface area contributed by atoms with E-state index >= 15 is 0 Å². The minimum Gasteiger partial charge on any atom is -0.495 e. The first-order valence-electron chi connectivity index (χ1n) is 7.97. The number of halogens is 1. The molecule has 0 unspecified atom stereocenters. The topological polar surface area (TPSA) is 76.7 Å². The van der Waals surface area contributed by atoms with E-state index in [0.29, 0.717) is 30.2 Å². The average Bonchev–Trinajstić information content (AvgIpc) is 3.04. The zero-order valence-corrected chi connectivity index (χ0v) is 14.7. The van der Waals surface area contributed by atoms with Gasteiger partial charge < -0.3 is 20.1 Å². The summed E-state index contributed by atoms with van der Waals surface area (Å²) in [5.74, 6) is 0.107. The van der Waals surface area contributed by atoms with Gasteiger partial charge in [-0.05, 0) is 31.0 Å². The van der Waals surface area contributed by atoms with Gasteiger partial charge in [-0.1, -0.05) is 24.4 Å². The molecule has 0 bridgehead atoms. The summed E-state index contributed by atoms with van der Waals surface area (Å²) in [6.45, 7) is 0.403. The Labute approximate surface area is 146 Å². The predicted octanol–water partition coefficient (Wildman–Crippen LogP) is 2.75. The van der Waals surface area contributed by atoms with Crippen LogP contribution in [0.2, 0.25) is 5.02 Å². The van der Waals surface area contributed by atoms with E-state index in [-0.39, 0.29) is 18.3 Å². The lowest BCUT2D eigenvalue weighted by Crippen LogP contribution is -2.53. The minimum atomic E-state index is -0.862. The highest BCUT2D eigenvalue weighted by Gasteiger charge is 2.43. The Kier molecular flexibility index (Phi) is 6.31. The smallest absolute Gasteiger partial charge is 0.331 e. The van der Waals surface area contributed by atoms with Crippen LogP contribution < -0.4 is 15.4 Å². The molecule has 1 aromatic carbocycles. The van der Waals surface area contributed by atoms with Gasteiger partial charge >= 0.3 is 5.97 Å². The van der Waals surface area contributed by atoms with Crippen LogP contribution in [0.25, 0.3) is 0 Å². The summed E-state index contributed by atoms with van der Waals surface area (Å²) in [5, 5.41) is 6.57. The van der Waals surface area contributed by atoms with Crippen LogP contribution in [0, 0.1) is 0 Å². The first-order chi connectivity index (χ1) is 11.5. The number of esters is 1. The zero-order chi connectivity index (χ0) is 17.6. The van der Waals surface area contributed by atoms with Crippen LogP contribution in [0.15, 0.2) is 18.2 Å². The predicted molar refractivity (Wildman–Crippen MR) is 92.5 cm³/mol. The molecule has 1 amide bonds. The Morgan fingerprint density at radius 2 is 1.96 bits per heavy atom. The minimum absolute atomic E-state index is 0.184. The number of hydrogen-bond donors (Lipinski definition) is 2. The third kappa shape index (κ3) is 4.32. The summed E-state index contributed by atoms with van der Waals surface area (Å²) < 4.78 is 10.1. The van der Waals surface area contributed by atoms with Gasteiger partial charge in [-0.2, -0.15) is 0 Å². The molecule has 1 saturated carbocycles. The normalized spacial score (nSPS) is 15.6. The Hall–Kier alpha value is -1.95. The number of hydrogen-bond acceptors (Lipinski definition) is 5. The van der Waals surface area contributed by atoms with Crippen LogP contribution in [0.4, 0.5) is 5.69 Å². The van der Waals surface area contributed by atoms with E-state index < -0.39 is 5.54 Å². The zero-order valence-electron chi connectivity index (χ0n) is 14.0. The second-order valence-electron chi connectivity index (χ2n) is 5.85. The highest BCUT2D eigenvalue weighted by atomic mass is 35.5. The molecule has 1 aliphatic rings. The van der Waals surface area contributed by atoms with E-state index in [2.05, 4.69) is 10.6 Å². The van der Waals surface area contributed by atoms with Crippen molar-refractivity contribution >= 4 is 29.2 Å². The fraction of sp³-hybridized carbons (Fsp3) is 0.529. The van der Waals surface area contributed by atoms with Gasteiger partial charge in [0.25, 0.3) is 0 Å². The third-order valence-corrected chi connectivity index (χ3v) is 4.48. The molecule has 0 aliphatic heterocycles. The lowest BCUT2D eigenvalue weighted by Gasteiger charge is -2.27. The van der Waals surface area contributed by atoms with Crippen LogP contribution >= 0.6 is 11.6 Å². The van der Waals surface area contributed by atoms with Gasteiger partial charge in [-0.15, -0.1) is 0 Å². The molecule has 0 spiro atoms. The van der Waals surface area contributed by atoms with E-state index in [1.165, 1.54) is 7.11 Å². The number of nitrogens with one attached hydrogen (secondary N) is 2. The fourth-order valence-electron chi connectivity index (χ4n) is 3.01. The Morgan fingerprint density at radius 3 is 2.58 bits per heavy atom. The van der Waals surface area contributed by atoms with Gasteiger partial charge in [0.15, 0.2) is 0 Å². The second-order valence-corrected chi connectivity index (χ2v) is 6.29. The molecule has 7 heteroatoms. The van der Waals surface area contributed by atoms with Crippen molar-refractivity contribution in [1.82, 2.24) is 5.32 Å². The number of ether oxygens (including phenoxy) is 2. The highest BCUT2D eigenvalue weighted by molar-refractivity contribution is 6.30. The molecule has 0 atom stereocenters. The van der Waals surface area contributed by atoms with E-state index in [1.807, 2.05) is 0 Å². The first-order valence-corrected chi connectivity index (χ1v) is 8.35. The third-order valence-electron chi connectivity index (χ3n) is 4.24. The van der Waals surface area contributed by atoms with Crippen LogP contribution in [-0.4, -0.2) is 38.2 Å². The fourth-order valence-corrected chi connectivity index (χ4v) is 3.18. The Morgan fingerprint density at radius 1 is 1.25 bits per heavy atom. The van der Waals surface area contributed by atoms with Crippen molar-refractivity contribution in [2.45, 2.75) is 37.6 Å². The molecule has 0 saturated heterocycles. The number of rotatable bonds is 7. The summed E-state index contributed by atoms with van der Waals surface area (Å²) in [6, 6.07) is 5.24. The molecular weight excluding hydrogens is 332 g/mol. The van der Waals surface area contributed by atoms with Gasteiger partial charge in [-0.25, -0.2) is 4.79 Å². The number of amides is 1. The molecule has 0 aromatic heterocycles. The lowest BCUT2D eigenvalue weighted by molar-refractivity contribution is -0.150. The molecule has 1 aromatic rings. The monoisotopic (exact) mass is 354 g/mol. The van der Waals surface area contributed by atoms with Crippen LogP contribution in [0.1, 0.15) is 32.1 Å². The molecule has 0 heterocycles. The molecule has 132 valence electrons. The maximum Gasteiger partial charge on any atom is 0.331 e. The van der Waals surface area contributed by atoms with E-state index in [4.69, 9.17) is 21.1 Å². The number of benzene rings is 1. The molecule has 2 N–H and O–H groups in total. The van der Waals surface area contributed by atoms with Crippen LogP contribution in [0.5, 0.6) is 5.75 Å². The summed E-state index contributed by atoms with van der Waals surface area (Å²) in [4.78, 5) is 24.2. The van der Waals surface area contributed by atoms with Gasteiger partial charge in [0.05, 0.1) is 19.9 Å². The second kappa shape index (κ2) is 8.24. The largest absolute Gasteiger partial charge is 0.495 e. The summed E-state index contributed by atoms with van der Waals surface area (Å²) in [6.07, 6.45) is 3.30. The highest BCUT2D eigenvalue weighted by Crippen LogP contribution is 2.31. The number of anilines is 1. The van der Waals surface area contributed by atoms with Crippen molar-refractivity contribution in [3.63, 3.8) is 0 Å². The molecule has 6 nitrogen and oxygen atoms in total. The van der Waals surface area contributed by atoms with Gasteiger partial charge in [0.2, 0.25) is 5.91 Å². The van der Waals surface area contributed by atoms with Gasteiger partial charge in [0, 0.05) is 18.0 Å². The maximum atomic E-state index is 12.2. The van der Waals surface area contributed by atoms with Gasteiger partial charge in [0.1, 0.15) is 11.3 Å². The molecular formula is C17H23ClN2O4. The van der Waals surface area contributed by atoms with E-state index in [1.54, 1.807) is 25.3 Å². The summed E-state index contributed by atoms with van der Waals surface area (Å²) >= 11 is 5.97.